The number of rotatable bonds is 5. The molecule has 0 aliphatic carbocycles. The topological polar surface area (TPSA) is 23.8 Å². The van der Waals surface area contributed by atoms with E-state index in [-0.39, 0.29) is 24.0 Å². The van der Waals surface area contributed by atoms with Crippen molar-refractivity contribution in [2.75, 3.05) is 20.1 Å². The average molecular weight is 460 g/mol. The number of nitrogens with zero attached hydrogens (tertiary/aromatic N) is 2. The van der Waals surface area contributed by atoms with Crippen molar-refractivity contribution in [3.63, 3.8) is 0 Å². The van der Waals surface area contributed by atoms with Crippen LogP contribution in [0.4, 0.5) is 0 Å². The molecule has 0 spiro atoms. The third-order valence-corrected chi connectivity index (χ3v) is 6.23. The molecule has 3 heteroatoms. The van der Waals surface area contributed by atoms with Gasteiger partial charge in [-0.3, -0.25) is 0 Å². The molecule has 0 aromatic heterocycles. The lowest BCUT2D eigenvalue weighted by Gasteiger charge is -2.45. The van der Waals surface area contributed by atoms with E-state index in [0.717, 1.165) is 22.0 Å². The van der Waals surface area contributed by atoms with Crippen molar-refractivity contribution < 1.29 is 28.5 Å². The van der Waals surface area contributed by atoms with Gasteiger partial charge >= 0.3 is 0 Å². The van der Waals surface area contributed by atoms with Crippen LogP contribution in [0.5, 0.6) is 0 Å². The molecule has 1 aliphatic rings. The summed E-state index contributed by atoms with van der Waals surface area (Å²) in [5.41, 5.74) is 1.64. The smallest absolute Gasteiger partial charge is 0.113 e. The molecule has 1 aliphatic heterocycles. The molecule has 0 amide bonds. The van der Waals surface area contributed by atoms with Gasteiger partial charge in [0, 0.05) is 6.42 Å². The van der Waals surface area contributed by atoms with Crippen molar-refractivity contribution in [3.05, 3.63) is 71.8 Å². The van der Waals surface area contributed by atoms with E-state index >= 15 is 0 Å². The molecule has 2 aromatic rings. The minimum absolute atomic E-state index is 0. The number of piperidine rings is 1. The van der Waals surface area contributed by atoms with E-state index in [2.05, 4.69) is 44.3 Å². The highest BCUT2D eigenvalue weighted by Crippen LogP contribution is 2.39. The molecule has 0 N–H and O–H groups in total. The fraction of sp³-hybridized carbons (Fsp3) is 0.435. The van der Waals surface area contributed by atoms with Crippen LogP contribution < -0.4 is 24.0 Å². The molecule has 1 fully saturated rings. The molecule has 0 bridgehead atoms. The van der Waals surface area contributed by atoms with Crippen LogP contribution in [0.2, 0.25) is 0 Å². The summed E-state index contributed by atoms with van der Waals surface area (Å²) < 4.78 is 1.09. The Hall–Kier alpha value is -1.38. The number of benzene rings is 2. The van der Waals surface area contributed by atoms with Gasteiger partial charge in [-0.2, -0.15) is 5.26 Å². The first kappa shape index (κ1) is 20.9. The third kappa shape index (κ3) is 4.13. The SMILES string of the molecule is CC(CC(C#N)(c1ccccc1)c1ccccc1)[N+]1(C)CCCCC1.[I-]. The lowest BCUT2D eigenvalue weighted by atomic mass is 9.71. The van der Waals surface area contributed by atoms with Gasteiger partial charge in [0.05, 0.1) is 32.2 Å². The Labute approximate surface area is 175 Å². The van der Waals surface area contributed by atoms with Crippen LogP contribution in [0, 0.1) is 11.3 Å². The Balaban J connectivity index is 0.00000243. The van der Waals surface area contributed by atoms with Gasteiger partial charge in [0.1, 0.15) is 5.41 Å². The van der Waals surface area contributed by atoms with Gasteiger partial charge in [0.25, 0.3) is 0 Å². The predicted molar refractivity (Wildman–Crippen MR) is 103 cm³/mol. The molecule has 2 nitrogen and oxygen atoms in total. The number of hydrogen-bond donors (Lipinski definition) is 0. The summed E-state index contributed by atoms with van der Waals surface area (Å²) in [6.07, 6.45) is 4.81. The largest absolute Gasteiger partial charge is 1.00 e. The molecule has 0 radical (unpaired) electrons. The number of quaternary nitrogens is 1. The van der Waals surface area contributed by atoms with E-state index in [4.69, 9.17) is 0 Å². The van der Waals surface area contributed by atoms with Crippen molar-refractivity contribution in [2.24, 2.45) is 0 Å². The van der Waals surface area contributed by atoms with Gasteiger partial charge in [-0.05, 0) is 37.3 Å². The Morgan fingerprint density at radius 1 is 0.923 bits per heavy atom. The molecule has 1 heterocycles. The molecular formula is C23H29IN2. The van der Waals surface area contributed by atoms with E-state index in [0.29, 0.717) is 6.04 Å². The minimum atomic E-state index is -0.583. The van der Waals surface area contributed by atoms with Gasteiger partial charge < -0.3 is 28.5 Å². The minimum Gasteiger partial charge on any atom is -1.00 e. The third-order valence-electron chi connectivity index (χ3n) is 6.23. The summed E-state index contributed by atoms with van der Waals surface area (Å²) in [4.78, 5) is 0. The second kappa shape index (κ2) is 9.01. The van der Waals surface area contributed by atoms with Gasteiger partial charge in [-0.15, -0.1) is 0 Å². The quantitative estimate of drug-likeness (QED) is 0.494. The maximum absolute atomic E-state index is 10.4. The van der Waals surface area contributed by atoms with Crippen LogP contribution in [-0.2, 0) is 5.41 Å². The molecule has 138 valence electrons. The van der Waals surface area contributed by atoms with Gasteiger partial charge in [0.15, 0.2) is 0 Å². The summed E-state index contributed by atoms with van der Waals surface area (Å²) in [5, 5.41) is 10.4. The van der Waals surface area contributed by atoms with Crippen LogP contribution in [0.25, 0.3) is 0 Å². The fourth-order valence-corrected chi connectivity index (χ4v) is 4.36. The Morgan fingerprint density at radius 3 is 1.81 bits per heavy atom. The Bertz CT molecular complexity index is 675. The zero-order valence-electron chi connectivity index (χ0n) is 15.9. The number of likely N-dealkylation sites (tertiary alicyclic amines) is 1. The normalized spacial score (nSPS) is 17.6. The highest BCUT2D eigenvalue weighted by Gasteiger charge is 2.42. The van der Waals surface area contributed by atoms with Crippen LogP contribution in [-0.4, -0.2) is 30.7 Å². The van der Waals surface area contributed by atoms with Crippen molar-refractivity contribution >= 4 is 0 Å². The first-order valence-electron chi connectivity index (χ1n) is 9.47. The van der Waals surface area contributed by atoms with Crippen LogP contribution in [0.1, 0.15) is 43.7 Å². The monoisotopic (exact) mass is 460 g/mol. The maximum atomic E-state index is 10.4. The van der Waals surface area contributed by atoms with Crippen molar-refractivity contribution in [2.45, 2.75) is 44.1 Å². The fourth-order valence-electron chi connectivity index (χ4n) is 4.36. The summed E-state index contributed by atoms with van der Waals surface area (Å²) >= 11 is 0. The highest BCUT2D eigenvalue weighted by molar-refractivity contribution is 5.45. The van der Waals surface area contributed by atoms with E-state index in [1.807, 2.05) is 36.4 Å². The van der Waals surface area contributed by atoms with Gasteiger partial charge in [0.2, 0.25) is 0 Å². The molecule has 1 unspecified atom stereocenters. The Morgan fingerprint density at radius 2 is 1.38 bits per heavy atom. The van der Waals surface area contributed by atoms with Crippen molar-refractivity contribution in [1.82, 2.24) is 0 Å². The van der Waals surface area contributed by atoms with E-state index in [1.54, 1.807) is 0 Å². The molecule has 0 saturated carbocycles. The van der Waals surface area contributed by atoms with E-state index < -0.39 is 5.41 Å². The molecular weight excluding hydrogens is 431 g/mol. The summed E-state index contributed by atoms with van der Waals surface area (Å²) in [5.74, 6) is 0. The zero-order chi connectivity index (χ0) is 17.8. The lowest BCUT2D eigenvalue weighted by Crippen LogP contribution is -3.00. The summed E-state index contributed by atoms with van der Waals surface area (Å²) in [6, 6.07) is 23.9. The van der Waals surface area contributed by atoms with E-state index in [9.17, 15) is 5.26 Å². The predicted octanol–water partition coefficient (Wildman–Crippen LogP) is 1.91. The average Bonchev–Trinajstić information content (AvgIpc) is 2.68. The maximum Gasteiger partial charge on any atom is 0.113 e. The zero-order valence-corrected chi connectivity index (χ0v) is 18.0. The standard InChI is InChI=1S/C23H29N2.HI/c1-20(25(2)16-10-5-11-17-25)18-23(19-24,21-12-6-3-7-13-21)22-14-8-4-9-15-22;/h3-4,6-9,12-15,20H,5,10-11,16-18H2,1-2H3;1H/q+1;/p-1. The van der Waals surface area contributed by atoms with Crippen LogP contribution in [0.3, 0.4) is 0 Å². The second-order valence-electron chi connectivity index (χ2n) is 7.79. The first-order chi connectivity index (χ1) is 12.1. The molecule has 1 atom stereocenters. The van der Waals surface area contributed by atoms with Crippen molar-refractivity contribution in [3.8, 4) is 6.07 Å². The molecule has 26 heavy (non-hydrogen) atoms. The number of hydrogen-bond acceptors (Lipinski definition) is 1. The number of halogens is 1. The summed E-state index contributed by atoms with van der Waals surface area (Å²) in [6.45, 7) is 4.79. The molecule has 1 saturated heterocycles. The van der Waals surface area contributed by atoms with Gasteiger partial charge in [-0.1, -0.05) is 60.7 Å². The van der Waals surface area contributed by atoms with Crippen molar-refractivity contribution in [1.29, 1.82) is 5.26 Å². The Kier molecular flexibility index (Phi) is 7.25. The van der Waals surface area contributed by atoms with Crippen LogP contribution >= 0.6 is 0 Å². The number of nitriles is 1. The molecule has 2 aromatic carbocycles. The lowest BCUT2D eigenvalue weighted by molar-refractivity contribution is -0.936. The van der Waals surface area contributed by atoms with E-state index in [1.165, 1.54) is 32.4 Å². The summed E-state index contributed by atoms with van der Waals surface area (Å²) in [7, 11) is 2.38. The second-order valence-corrected chi connectivity index (χ2v) is 7.79. The van der Waals surface area contributed by atoms with Gasteiger partial charge in [-0.25, -0.2) is 0 Å². The van der Waals surface area contributed by atoms with Crippen LogP contribution in [0.15, 0.2) is 60.7 Å². The first-order valence-corrected chi connectivity index (χ1v) is 9.47. The highest BCUT2D eigenvalue weighted by atomic mass is 127. The molecule has 3 rings (SSSR count).